The summed E-state index contributed by atoms with van der Waals surface area (Å²) in [6.45, 7) is 0. The molecule has 12 heteroatoms. The predicted octanol–water partition coefficient (Wildman–Crippen LogP) is 7.16. The lowest BCUT2D eigenvalue weighted by Gasteiger charge is -2.16. The Labute approximate surface area is 219 Å². The molecule has 1 aliphatic rings. The van der Waals surface area contributed by atoms with Crippen molar-refractivity contribution in [3.8, 4) is 11.5 Å². The summed E-state index contributed by atoms with van der Waals surface area (Å²) in [6.07, 6.45) is -3.02. The highest BCUT2D eigenvalue weighted by Gasteiger charge is 2.36. The second-order valence-corrected chi connectivity index (χ2v) is 10.4. The molecule has 3 aromatic rings. The number of amides is 1. The van der Waals surface area contributed by atoms with Crippen LogP contribution >= 0.6 is 51.2 Å². The minimum Gasteiger partial charge on any atom is -0.493 e. The Morgan fingerprint density at radius 3 is 2.60 bits per heavy atom. The van der Waals surface area contributed by atoms with Gasteiger partial charge in [-0.1, -0.05) is 36.1 Å². The largest absolute Gasteiger partial charge is 0.493 e. The predicted molar refractivity (Wildman–Crippen MR) is 137 cm³/mol. The van der Waals surface area contributed by atoms with E-state index >= 15 is 0 Å². The molecule has 5 nitrogen and oxygen atoms in total. The molecule has 0 atom stereocenters. The molecule has 4 rings (SSSR count). The molecule has 2 aromatic carbocycles. The van der Waals surface area contributed by atoms with Gasteiger partial charge in [-0.3, -0.25) is 9.69 Å². The highest BCUT2D eigenvalue weighted by Crippen LogP contribution is 2.41. The number of ether oxygens (including phenoxy) is 2. The van der Waals surface area contributed by atoms with Crippen molar-refractivity contribution in [2.75, 3.05) is 12.0 Å². The molecule has 0 bridgehead atoms. The zero-order valence-electron chi connectivity index (χ0n) is 17.6. The first kappa shape index (κ1) is 25.4. The molecule has 2 heterocycles. The van der Waals surface area contributed by atoms with Gasteiger partial charge in [0.25, 0.3) is 5.91 Å². The smallest absolute Gasteiger partial charge is 0.416 e. The van der Waals surface area contributed by atoms with Crippen molar-refractivity contribution in [3.05, 3.63) is 79.3 Å². The quantitative estimate of drug-likeness (QED) is 0.134. The third-order valence-electron chi connectivity index (χ3n) is 4.69. The van der Waals surface area contributed by atoms with Gasteiger partial charge in [0.05, 0.1) is 27.7 Å². The second-order valence-electron chi connectivity index (χ2n) is 6.97. The number of alkyl halides is 3. The van der Waals surface area contributed by atoms with Crippen LogP contribution in [0, 0.1) is 0 Å². The maximum Gasteiger partial charge on any atom is 0.416 e. The maximum absolute atomic E-state index is 13.1. The average Bonchev–Trinajstić information content (AvgIpc) is 3.43. The zero-order valence-corrected chi connectivity index (χ0v) is 21.6. The zero-order chi connectivity index (χ0) is 25.3. The van der Waals surface area contributed by atoms with Crippen molar-refractivity contribution in [3.63, 3.8) is 0 Å². The van der Waals surface area contributed by atoms with Crippen molar-refractivity contribution in [2.24, 2.45) is 0 Å². The molecule has 0 saturated carbocycles. The molecule has 1 aliphatic heterocycles. The Balaban J connectivity index is 1.62. The summed E-state index contributed by atoms with van der Waals surface area (Å²) in [5.74, 6) is -0.695. The molecule has 0 aliphatic carbocycles. The highest BCUT2D eigenvalue weighted by molar-refractivity contribution is 9.10. The molecule has 1 fully saturated rings. The van der Waals surface area contributed by atoms with E-state index in [1.807, 2.05) is 0 Å². The Bertz CT molecular complexity index is 1360. The molecular weight excluding hydrogens is 587 g/mol. The van der Waals surface area contributed by atoms with Gasteiger partial charge in [-0.2, -0.15) is 13.2 Å². The van der Waals surface area contributed by atoms with E-state index in [-0.39, 0.29) is 26.4 Å². The van der Waals surface area contributed by atoms with Gasteiger partial charge in [0.1, 0.15) is 4.88 Å². The molecule has 180 valence electrons. The number of carbonyl (C=O) groups excluding carboxylic acids is 2. The molecular formula is C23H13BrF3NO4S3. The monoisotopic (exact) mass is 599 g/mol. The van der Waals surface area contributed by atoms with Gasteiger partial charge in [-0.15, -0.1) is 11.3 Å². The van der Waals surface area contributed by atoms with Crippen LogP contribution in [0.5, 0.6) is 11.5 Å². The summed E-state index contributed by atoms with van der Waals surface area (Å²) < 4.78 is 50.7. The van der Waals surface area contributed by atoms with Gasteiger partial charge < -0.3 is 9.47 Å². The Hall–Kier alpha value is -2.67. The third-order valence-corrected chi connectivity index (χ3v) is 7.43. The third kappa shape index (κ3) is 5.45. The minimum atomic E-state index is -4.55. The van der Waals surface area contributed by atoms with Crippen LogP contribution in [0.3, 0.4) is 0 Å². The molecule has 0 N–H and O–H groups in total. The number of anilines is 1. The number of carbonyl (C=O) groups is 2. The van der Waals surface area contributed by atoms with Gasteiger partial charge in [0.15, 0.2) is 15.8 Å². The summed E-state index contributed by atoms with van der Waals surface area (Å²) >= 11 is 10.8. The van der Waals surface area contributed by atoms with Crippen LogP contribution in [0.1, 0.15) is 20.8 Å². The fraction of sp³-hybridized carbons (Fsp3) is 0.0870. The number of methoxy groups -OCH3 is 1. The minimum absolute atomic E-state index is 0.0281. The van der Waals surface area contributed by atoms with Crippen LogP contribution in [0.2, 0.25) is 0 Å². The first-order valence-electron chi connectivity index (χ1n) is 9.67. The number of hydrogen-bond donors (Lipinski definition) is 0. The van der Waals surface area contributed by atoms with Crippen LogP contribution in [0.4, 0.5) is 18.9 Å². The van der Waals surface area contributed by atoms with Crippen molar-refractivity contribution in [2.45, 2.75) is 6.18 Å². The molecule has 35 heavy (non-hydrogen) atoms. The molecule has 0 spiro atoms. The maximum atomic E-state index is 13.1. The van der Waals surface area contributed by atoms with Crippen LogP contribution in [0.25, 0.3) is 6.08 Å². The van der Waals surface area contributed by atoms with Crippen LogP contribution < -0.4 is 14.4 Å². The van der Waals surface area contributed by atoms with Crippen molar-refractivity contribution >= 4 is 79.2 Å². The summed E-state index contributed by atoms with van der Waals surface area (Å²) in [4.78, 5) is 27.1. The van der Waals surface area contributed by atoms with Crippen molar-refractivity contribution in [1.29, 1.82) is 0 Å². The number of esters is 1. The number of thiophene rings is 1. The van der Waals surface area contributed by atoms with E-state index in [9.17, 15) is 22.8 Å². The number of rotatable bonds is 5. The lowest BCUT2D eigenvalue weighted by atomic mass is 10.1. The summed E-state index contributed by atoms with van der Waals surface area (Å²) in [6, 6.07) is 11.0. The van der Waals surface area contributed by atoms with Gasteiger partial charge in [-0.05, 0) is 69.3 Å². The van der Waals surface area contributed by atoms with Crippen LogP contribution in [-0.2, 0) is 11.0 Å². The lowest BCUT2D eigenvalue weighted by Crippen LogP contribution is -2.27. The van der Waals surface area contributed by atoms with Gasteiger partial charge in [0, 0.05) is 0 Å². The van der Waals surface area contributed by atoms with Crippen molar-refractivity contribution < 1.29 is 32.2 Å². The summed E-state index contributed by atoms with van der Waals surface area (Å²) in [5, 5.41) is 1.75. The Kier molecular flexibility index (Phi) is 7.36. The van der Waals surface area contributed by atoms with E-state index in [2.05, 4.69) is 15.9 Å². The lowest BCUT2D eigenvalue weighted by molar-refractivity contribution is -0.137. The summed E-state index contributed by atoms with van der Waals surface area (Å²) in [7, 11) is 1.40. The molecule has 1 amide bonds. The fourth-order valence-electron chi connectivity index (χ4n) is 3.12. The van der Waals surface area contributed by atoms with E-state index in [4.69, 9.17) is 21.7 Å². The van der Waals surface area contributed by atoms with E-state index < -0.39 is 23.6 Å². The standard InChI is InChI=1S/C23H13BrF3NO4S3/c1-31-16-9-12(8-15(24)19(16)32-21(30)17-6-3-7-34-17)10-18-20(29)28(22(33)35-18)14-5-2-4-13(11-14)23(25,26)27/h2-11H,1H3/b18-10+. The van der Waals surface area contributed by atoms with Gasteiger partial charge >= 0.3 is 12.1 Å². The average molecular weight is 600 g/mol. The molecule has 1 aromatic heterocycles. The number of thiocarbonyl (C=S) groups is 1. The number of nitrogens with zero attached hydrogens (tertiary/aromatic N) is 1. The number of halogens is 4. The number of thioether (sulfide) groups is 1. The molecule has 0 radical (unpaired) electrons. The number of benzene rings is 2. The van der Waals surface area contributed by atoms with Gasteiger partial charge in [0.2, 0.25) is 0 Å². The highest BCUT2D eigenvalue weighted by atomic mass is 79.9. The normalized spacial score (nSPS) is 15.1. The first-order chi connectivity index (χ1) is 16.6. The van der Waals surface area contributed by atoms with Gasteiger partial charge in [-0.25, -0.2) is 4.79 Å². The fourth-order valence-corrected chi connectivity index (χ4v) is 5.56. The van der Waals surface area contributed by atoms with E-state index in [0.717, 1.165) is 28.8 Å². The van der Waals surface area contributed by atoms with Crippen LogP contribution in [-0.4, -0.2) is 23.3 Å². The topological polar surface area (TPSA) is 55.8 Å². The van der Waals surface area contributed by atoms with Crippen LogP contribution in [0.15, 0.2) is 63.3 Å². The Morgan fingerprint density at radius 1 is 1.17 bits per heavy atom. The first-order valence-corrected chi connectivity index (χ1v) is 12.6. The van der Waals surface area contributed by atoms with E-state index in [0.29, 0.717) is 14.9 Å². The van der Waals surface area contributed by atoms with E-state index in [1.165, 1.54) is 36.7 Å². The van der Waals surface area contributed by atoms with E-state index in [1.54, 1.807) is 29.6 Å². The molecule has 1 saturated heterocycles. The number of hydrogen-bond acceptors (Lipinski definition) is 7. The van der Waals surface area contributed by atoms with Crippen molar-refractivity contribution in [1.82, 2.24) is 0 Å². The SMILES string of the molecule is COc1cc(/C=C2/SC(=S)N(c3cccc(C(F)(F)F)c3)C2=O)cc(Br)c1OC(=O)c1cccs1. The Morgan fingerprint density at radius 2 is 1.94 bits per heavy atom. The summed E-state index contributed by atoms with van der Waals surface area (Å²) in [5.41, 5.74) is -0.330. The molecule has 0 unspecified atom stereocenters. The second kappa shape index (κ2) is 10.1.